The molecule has 0 spiro atoms. The summed E-state index contributed by atoms with van der Waals surface area (Å²) >= 11 is 0. The van der Waals surface area contributed by atoms with Crippen molar-refractivity contribution in [2.75, 3.05) is 19.8 Å². The molecule has 0 atom stereocenters. The lowest BCUT2D eigenvalue weighted by Gasteiger charge is -2.37. The highest BCUT2D eigenvalue weighted by molar-refractivity contribution is 5.77. The summed E-state index contributed by atoms with van der Waals surface area (Å²) in [7, 11) is 0. The molecule has 1 aliphatic rings. The molecular weight excluding hydrogens is 204 g/mol. The fraction of sp³-hybridized carbons (Fsp3) is 0.750. The lowest BCUT2D eigenvalue weighted by molar-refractivity contribution is -0.123. The zero-order valence-electron chi connectivity index (χ0n) is 10.1. The van der Waals surface area contributed by atoms with Crippen molar-refractivity contribution in [2.24, 2.45) is 5.73 Å². The highest BCUT2D eigenvalue weighted by Crippen LogP contribution is 2.31. The van der Waals surface area contributed by atoms with Crippen LogP contribution in [-0.2, 0) is 9.53 Å². The summed E-state index contributed by atoms with van der Waals surface area (Å²) in [6.07, 6.45) is 3.51. The average molecular weight is 226 g/mol. The quantitative estimate of drug-likeness (QED) is 0.502. The molecule has 0 aromatic heterocycles. The molecule has 0 radical (unpaired) electrons. The summed E-state index contributed by atoms with van der Waals surface area (Å²) in [4.78, 5) is 11.5. The van der Waals surface area contributed by atoms with Crippen LogP contribution in [0.5, 0.6) is 0 Å². The van der Waals surface area contributed by atoms with Crippen LogP contribution in [0.15, 0.2) is 12.2 Å². The summed E-state index contributed by atoms with van der Waals surface area (Å²) < 4.78 is 5.27. The van der Waals surface area contributed by atoms with Gasteiger partial charge in [-0.3, -0.25) is 4.79 Å². The molecule has 0 aliphatic heterocycles. The molecule has 1 aliphatic carbocycles. The third-order valence-electron chi connectivity index (χ3n) is 2.78. The first-order valence-electron chi connectivity index (χ1n) is 5.80. The van der Waals surface area contributed by atoms with Gasteiger partial charge < -0.3 is 15.8 Å². The largest absolute Gasteiger partial charge is 0.375 e. The Bertz CT molecular complexity index is 260. The van der Waals surface area contributed by atoms with Gasteiger partial charge in [0.2, 0.25) is 5.91 Å². The van der Waals surface area contributed by atoms with Gasteiger partial charge in [-0.2, -0.15) is 0 Å². The fourth-order valence-corrected chi connectivity index (χ4v) is 1.70. The van der Waals surface area contributed by atoms with Crippen LogP contribution in [0.1, 0.15) is 32.6 Å². The molecule has 1 saturated carbocycles. The van der Waals surface area contributed by atoms with Crippen LogP contribution in [0.2, 0.25) is 0 Å². The van der Waals surface area contributed by atoms with Crippen LogP contribution in [-0.4, -0.2) is 31.2 Å². The van der Waals surface area contributed by atoms with Gasteiger partial charge >= 0.3 is 0 Å². The number of ether oxygens (including phenoxy) is 1. The Morgan fingerprint density at radius 3 is 2.75 bits per heavy atom. The molecule has 92 valence electrons. The Balaban J connectivity index is 2.00. The van der Waals surface area contributed by atoms with Gasteiger partial charge in [0, 0.05) is 18.5 Å². The van der Waals surface area contributed by atoms with E-state index < -0.39 is 0 Å². The molecule has 0 saturated heterocycles. The third-order valence-corrected chi connectivity index (χ3v) is 2.78. The minimum absolute atomic E-state index is 0.0288. The summed E-state index contributed by atoms with van der Waals surface area (Å²) in [5.74, 6) is 0.0288. The van der Waals surface area contributed by atoms with E-state index in [-0.39, 0.29) is 11.4 Å². The van der Waals surface area contributed by atoms with Crippen LogP contribution in [0.25, 0.3) is 0 Å². The lowest BCUT2D eigenvalue weighted by Crippen LogP contribution is -2.50. The van der Waals surface area contributed by atoms with Gasteiger partial charge in [0.25, 0.3) is 0 Å². The van der Waals surface area contributed by atoms with Gasteiger partial charge in [0.15, 0.2) is 0 Å². The van der Waals surface area contributed by atoms with Crippen molar-refractivity contribution in [3.63, 3.8) is 0 Å². The second kappa shape index (κ2) is 6.01. The maximum Gasteiger partial charge on any atom is 0.221 e. The van der Waals surface area contributed by atoms with Crippen LogP contribution < -0.4 is 11.1 Å². The van der Waals surface area contributed by atoms with Crippen LogP contribution in [0.3, 0.4) is 0 Å². The smallest absolute Gasteiger partial charge is 0.221 e. The van der Waals surface area contributed by atoms with Crippen LogP contribution in [0, 0.1) is 0 Å². The van der Waals surface area contributed by atoms with Crippen molar-refractivity contribution >= 4 is 5.91 Å². The molecule has 0 aromatic rings. The van der Waals surface area contributed by atoms with Gasteiger partial charge in [-0.1, -0.05) is 12.2 Å². The molecular formula is C12H22N2O2. The Morgan fingerprint density at radius 1 is 1.56 bits per heavy atom. The lowest BCUT2D eigenvalue weighted by atomic mass is 9.75. The molecule has 0 bridgehead atoms. The first-order chi connectivity index (χ1) is 7.52. The highest BCUT2D eigenvalue weighted by atomic mass is 16.5. The SMILES string of the molecule is C=C(C)COCCNC(=O)CC1(N)CCC1. The minimum Gasteiger partial charge on any atom is -0.375 e. The first kappa shape index (κ1) is 13.2. The van der Waals surface area contributed by atoms with Gasteiger partial charge in [0.1, 0.15) is 0 Å². The van der Waals surface area contributed by atoms with Gasteiger partial charge in [-0.05, 0) is 26.2 Å². The summed E-state index contributed by atoms with van der Waals surface area (Å²) in [5.41, 5.74) is 6.72. The Labute approximate surface area is 97.2 Å². The van der Waals surface area contributed by atoms with E-state index >= 15 is 0 Å². The van der Waals surface area contributed by atoms with Gasteiger partial charge in [0.05, 0.1) is 13.2 Å². The molecule has 0 aromatic carbocycles. The van der Waals surface area contributed by atoms with Crippen molar-refractivity contribution in [1.29, 1.82) is 0 Å². The molecule has 1 amide bonds. The topological polar surface area (TPSA) is 64.3 Å². The number of rotatable bonds is 7. The Kier molecular flexibility index (Phi) is 4.96. The third kappa shape index (κ3) is 4.77. The second-order valence-corrected chi connectivity index (χ2v) is 4.75. The molecule has 4 heteroatoms. The number of hydrogen-bond acceptors (Lipinski definition) is 3. The molecule has 0 heterocycles. The number of hydrogen-bond donors (Lipinski definition) is 2. The Hall–Kier alpha value is -0.870. The van der Waals surface area contributed by atoms with E-state index in [0.29, 0.717) is 26.2 Å². The predicted molar refractivity (Wildman–Crippen MR) is 64.0 cm³/mol. The second-order valence-electron chi connectivity index (χ2n) is 4.75. The zero-order valence-corrected chi connectivity index (χ0v) is 10.1. The number of carbonyl (C=O) groups is 1. The number of nitrogens with two attached hydrogens (primary N) is 1. The van der Waals surface area contributed by atoms with Crippen molar-refractivity contribution in [3.05, 3.63) is 12.2 Å². The van der Waals surface area contributed by atoms with E-state index in [9.17, 15) is 4.79 Å². The molecule has 1 rings (SSSR count). The zero-order chi connectivity index (χ0) is 12.0. The van der Waals surface area contributed by atoms with Crippen molar-refractivity contribution in [2.45, 2.75) is 38.1 Å². The summed E-state index contributed by atoms with van der Waals surface area (Å²) in [6, 6.07) is 0. The van der Waals surface area contributed by atoms with E-state index in [2.05, 4.69) is 11.9 Å². The molecule has 0 unspecified atom stereocenters. The highest BCUT2D eigenvalue weighted by Gasteiger charge is 2.34. The number of carbonyl (C=O) groups excluding carboxylic acids is 1. The predicted octanol–water partition coefficient (Wildman–Crippen LogP) is 0.967. The van der Waals surface area contributed by atoms with Crippen LogP contribution in [0.4, 0.5) is 0 Å². The van der Waals surface area contributed by atoms with E-state index in [1.807, 2.05) is 6.92 Å². The average Bonchev–Trinajstić information content (AvgIpc) is 2.14. The fourth-order valence-electron chi connectivity index (χ4n) is 1.70. The van der Waals surface area contributed by atoms with Gasteiger partial charge in [-0.15, -0.1) is 0 Å². The minimum atomic E-state index is -0.233. The number of nitrogens with one attached hydrogen (secondary N) is 1. The molecule has 1 fully saturated rings. The van der Waals surface area contributed by atoms with E-state index in [0.717, 1.165) is 24.8 Å². The number of amides is 1. The maximum atomic E-state index is 11.5. The normalized spacial score (nSPS) is 17.6. The molecule has 16 heavy (non-hydrogen) atoms. The standard InChI is InChI=1S/C12H22N2O2/c1-10(2)9-16-7-6-14-11(15)8-12(13)4-3-5-12/h1,3-9,13H2,2H3,(H,14,15). The molecule has 4 nitrogen and oxygen atoms in total. The van der Waals surface area contributed by atoms with Gasteiger partial charge in [-0.25, -0.2) is 0 Å². The van der Waals surface area contributed by atoms with E-state index in [1.54, 1.807) is 0 Å². The Morgan fingerprint density at radius 2 is 2.25 bits per heavy atom. The summed E-state index contributed by atoms with van der Waals surface area (Å²) in [6.45, 7) is 7.26. The van der Waals surface area contributed by atoms with E-state index in [4.69, 9.17) is 10.5 Å². The molecule has 3 N–H and O–H groups in total. The van der Waals surface area contributed by atoms with Crippen molar-refractivity contribution < 1.29 is 9.53 Å². The monoisotopic (exact) mass is 226 g/mol. The maximum absolute atomic E-state index is 11.5. The van der Waals surface area contributed by atoms with E-state index in [1.165, 1.54) is 0 Å². The van der Waals surface area contributed by atoms with Crippen molar-refractivity contribution in [3.8, 4) is 0 Å². The first-order valence-corrected chi connectivity index (χ1v) is 5.80. The summed E-state index contributed by atoms with van der Waals surface area (Å²) in [5, 5.41) is 2.81. The van der Waals surface area contributed by atoms with Crippen molar-refractivity contribution in [1.82, 2.24) is 5.32 Å². The van der Waals surface area contributed by atoms with Crippen LogP contribution >= 0.6 is 0 Å².